The number of nitrogens with zero attached hydrogens (tertiary/aromatic N) is 3. The molecule has 1 heterocycles. The van der Waals surface area contributed by atoms with Crippen LogP contribution >= 0.6 is 0 Å². The van der Waals surface area contributed by atoms with Gasteiger partial charge >= 0.3 is 0 Å². The zero-order valence-corrected chi connectivity index (χ0v) is 31.5. The van der Waals surface area contributed by atoms with Crippen molar-refractivity contribution in [3.8, 4) is 67.5 Å². The molecule has 0 fully saturated rings. The highest BCUT2D eigenvalue weighted by atomic mass is 15.0. The number of aromatic nitrogens is 3. The average Bonchev–Trinajstić information content (AvgIpc) is 3.31. The van der Waals surface area contributed by atoms with Gasteiger partial charge in [0.15, 0.2) is 17.5 Å². The Bertz CT molecular complexity index is 3320. The fourth-order valence-electron chi connectivity index (χ4n) is 8.30. The molecule has 0 unspecified atom stereocenters. The van der Waals surface area contributed by atoms with Gasteiger partial charge in [0.05, 0.1) is 0 Å². The monoisotopic (exact) mass is 737 g/mol. The molecular weight excluding hydrogens is 703 g/mol. The Morgan fingerprint density at radius 1 is 0.207 bits per heavy atom. The molecule has 0 bridgehead atoms. The minimum Gasteiger partial charge on any atom is -0.208 e. The van der Waals surface area contributed by atoms with Crippen molar-refractivity contribution in [2.24, 2.45) is 0 Å². The van der Waals surface area contributed by atoms with Gasteiger partial charge in [0.25, 0.3) is 0 Å². The molecule has 0 saturated carbocycles. The van der Waals surface area contributed by atoms with Crippen LogP contribution in [0.15, 0.2) is 212 Å². The lowest BCUT2D eigenvalue weighted by Gasteiger charge is -2.15. The van der Waals surface area contributed by atoms with Gasteiger partial charge < -0.3 is 0 Å². The number of fused-ring (bicyclic) bond motifs is 6. The van der Waals surface area contributed by atoms with Gasteiger partial charge in [0.1, 0.15) is 0 Å². The predicted molar refractivity (Wildman–Crippen MR) is 242 cm³/mol. The van der Waals surface area contributed by atoms with Crippen LogP contribution in [0.1, 0.15) is 0 Å². The molecule has 0 saturated heterocycles. The average molecular weight is 738 g/mol. The van der Waals surface area contributed by atoms with Gasteiger partial charge in [-0.25, -0.2) is 15.0 Å². The molecule has 0 spiro atoms. The molecule has 0 aliphatic rings. The highest BCUT2D eigenvalue weighted by Gasteiger charge is 2.18. The van der Waals surface area contributed by atoms with E-state index in [1.807, 2.05) is 24.3 Å². The maximum Gasteiger partial charge on any atom is 0.164 e. The highest BCUT2D eigenvalue weighted by molar-refractivity contribution is 6.10. The maximum atomic E-state index is 5.30. The van der Waals surface area contributed by atoms with Gasteiger partial charge in [-0.2, -0.15) is 0 Å². The normalized spacial score (nSPS) is 11.4. The summed E-state index contributed by atoms with van der Waals surface area (Å²) in [7, 11) is 0. The van der Waals surface area contributed by atoms with Crippen LogP contribution in [0.4, 0.5) is 0 Å². The summed E-state index contributed by atoms with van der Waals surface area (Å²) >= 11 is 0. The summed E-state index contributed by atoms with van der Waals surface area (Å²) in [6.45, 7) is 0. The second kappa shape index (κ2) is 14.1. The fourth-order valence-corrected chi connectivity index (χ4v) is 8.30. The van der Waals surface area contributed by atoms with Crippen molar-refractivity contribution in [1.82, 2.24) is 15.0 Å². The first-order valence-electron chi connectivity index (χ1n) is 19.7. The number of hydrogen-bond donors (Lipinski definition) is 0. The molecular formula is C55H35N3. The van der Waals surface area contributed by atoms with Crippen molar-refractivity contribution < 1.29 is 0 Å². The first-order valence-corrected chi connectivity index (χ1v) is 19.7. The van der Waals surface area contributed by atoms with Gasteiger partial charge in [0.2, 0.25) is 0 Å². The van der Waals surface area contributed by atoms with Gasteiger partial charge in [-0.1, -0.05) is 194 Å². The van der Waals surface area contributed by atoms with E-state index in [9.17, 15) is 0 Å². The van der Waals surface area contributed by atoms with Crippen molar-refractivity contribution in [3.05, 3.63) is 212 Å². The lowest BCUT2D eigenvalue weighted by Crippen LogP contribution is -2.01. The minimum absolute atomic E-state index is 0.622. The summed E-state index contributed by atoms with van der Waals surface area (Å²) in [6, 6.07) is 75.5. The third kappa shape index (κ3) is 6.07. The molecule has 0 amide bonds. The molecule has 3 heteroatoms. The molecule has 11 aromatic rings. The van der Waals surface area contributed by atoms with Crippen LogP contribution in [0.3, 0.4) is 0 Å². The highest BCUT2D eigenvalue weighted by Crippen LogP contribution is 2.39. The second-order valence-electron chi connectivity index (χ2n) is 14.8. The summed E-state index contributed by atoms with van der Waals surface area (Å²) in [5, 5.41) is 9.80. The van der Waals surface area contributed by atoms with E-state index in [1.165, 1.54) is 48.7 Å². The summed E-state index contributed by atoms with van der Waals surface area (Å²) in [5.41, 5.74) is 9.50. The molecule has 58 heavy (non-hydrogen) atoms. The van der Waals surface area contributed by atoms with Crippen LogP contribution in [-0.4, -0.2) is 15.0 Å². The quantitative estimate of drug-likeness (QED) is 0.160. The van der Waals surface area contributed by atoms with E-state index in [-0.39, 0.29) is 0 Å². The number of rotatable bonds is 6. The Morgan fingerprint density at radius 3 is 1.21 bits per heavy atom. The van der Waals surface area contributed by atoms with E-state index in [2.05, 4.69) is 188 Å². The van der Waals surface area contributed by atoms with Crippen LogP contribution in [0.5, 0.6) is 0 Å². The number of hydrogen-bond acceptors (Lipinski definition) is 3. The molecule has 1 aromatic heterocycles. The fraction of sp³-hybridized carbons (Fsp3) is 0. The molecule has 10 aromatic carbocycles. The van der Waals surface area contributed by atoms with Crippen LogP contribution in [0, 0.1) is 0 Å². The van der Waals surface area contributed by atoms with Crippen LogP contribution in [0.2, 0.25) is 0 Å². The zero-order valence-electron chi connectivity index (χ0n) is 31.5. The molecule has 0 aliphatic carbocycles. The van der Waals surface area contributed by atoms with Crippen LogP contribution in [0.25, 0.3) is 111 Å². The largest absolute Gasteiger partial charge is 0.208 e. The van der Waals surface area contributed by atoms with Gasteiger partial charge in [-0.3, -0.25) is 0 Å². The van der Waals surface area contributed by atoms with E-state index in [0.29, 0.717) is 17.5 Å². The summed E-state index contributed by atoms with van der Waals surface area (Å²) in [6.07, 6.45) is 0. The Hall–Kier alpha value is -7.75. The van der Waals surface area contributed by atoms with E-state index < -0.39 is 0 Å². The van der Waals surface area contributed by atoms with Crippen molar-refractivity contribution in [3.63, 3.8) is 0 Å². The van der Waals surface area contributed by atoms with E-state index in [4.69, 9.17) is 15.0 Å². The SMILES string of the molecule is c1ccc(-c2ccc(-c3nc(-c4ccccc4)nc(-c4cc(-c5ccc6ccc7ccccc7c6c5)ccc4-c4ccc5ccc6ccccc6c5c4)n3)cc2)cc1. The maximum absolute atomic E-state index is 5.30. The first kappa shape index (κ1) is 33.6. The minimum atomic E-state index is 0.622. The molecule has 3 nitrogen and oxygen atoms in total. The lowest BCUT2D eigenvalue weighted by atomic mass is 9.91. The second-order valence-corrected chi connectivity index (χ2v) is 14.8. The molecule has 270 valence electrons. The molecule has 0 radical (unpaired) electrons. The van der Waals surface area contributed by atoms with Crippen molar-refractivity contribution in [1.29, 1.82) is 0 Å². The Kier molecular flexibility index (Phi) is 8.15. The van der Waals surface area contributed by atoms with Crippen molar-refractivity contribution >= 4 is 43.1 Å². The zero-order chi connectivity index (χ0) is 38.4. The van der Waals surface area contributed by atoms with Crippen molar-refractivity contribution in [2.75, 3.05) is 0 Å². The van der Waals surface area contributed by atoms with Gasteiger partial charge in [-0.05, 0) is 94.7 Å². The smallest absolute Gasteiger partial charge is 0.164 e. The summed E-state index contributed by atoms with van der Waals surface area (Å²) < 4.78 is 0. The standard InChI is InChI=1S/C55H35N3/c1-3-11-36(12-4-1)37-19-27-43(28-20-37)54-56-53(42-15-5-2-6-16-42)57-55(58-54)52-34-45(44-29-25-40-23-21-38-13-7-9-17-47(38)50(40)33-44)31-32-49(52)46-30-26-41-24-22-39-14-8-10-18-48(39)51(41)35-46/h1-35H. The van der Waals surface area contributed by atoms with Crippen molar-refractivity contribution in [2.45, 2.75) is 0 Å². The topological polar surface area (TPSA) is 38.7 Å². The first-order chi connectivity index (χ1) is 28.7. The van der Waals surface area contributed by atoms with E-state index in [1.54, 1.807) is 0 Å². The summed E-state index contributed by atoms with van der Waals surface area (Å²) in [5.74, 6) is 1.88. The van der Waals surface area contributed by atoms with E-state index in [0.717, 1.165) is 44.5 Å². The van der Waals surface area contributed by atoms with Gasteiger partial charge in [0, 0.05) is 16.7 Å². The molecule has 0 aliphatic heterocycles. The van der Waals surface area contributed by atoms with Crippen LogP contribution in [-0.2, 0) is 0 Å². The third-order valence-electron chi connectivity index (χ3n) is 11.3. The Balaban J connectivity index is 1.14. The Morgan fingerprint density at radius 2 is 0.586 bits per heavy atom. The molecule has 11 rings (SSSR count). The number of benzene rings is 10. The molecule has 0 atom stereocenters. The van der Waals surface area contributed by atoms with E-state index >= 15 is 0 Å². The third-order valence-corrected chi connectivity index (χ3v) is 11.3. The summed E-state index contributed by atoms with van der Waals surface area (Å²) in [4.78, 5) is 15.7. The Labute approximate surface area is 336 Å². The van der Waals surface area contributed by atoms with Crippen LogP contribution < -0.4 is 0 Å². The predicted octanol–water partition coefficient (Wildman–Crippen LogP) is 14.5. The van der Waals surface area contributed by atoms with Gasteiger partial charge in [-0.15, -0.1) is 0 Å². The molecule has 0 N–H and O–H groups in total. The lowest BCUT2D eigenvalue weighted by molar-refractivity contribution is 1.07.